The zero-order chi connectivity index (χ0) is 21.4. The monoisotopic (exact) mass is 400 g/mol. The van der Waals surface area contributed by atoms with Crippen LogP contribution >= 0.6 is 0 Å². The van der Waals surface area contributed by atoms with Gasteiger partial charge in [0.05, 0.1) is 34.9 Å². The van der Waals surface area contributed by atoms with Crippen LogP contribution in [-0.4, -0.2) is 40.3 Å². The molecule has 2 rings (SSSR count). The zero-order valence-electron chi connectivity index (χ0n) is 16.8. The van der Waals surface area contributed by atoms with E-state index in [1.807, 2.05) is 0 Å². The Balaban J connectivity index is 2.19. The summed E-state index contributed by atoms with van der Waals surface area (Å²) in [5.41, 5.74) is 6.69. The molecule has 0 aliphatic heterocycles. The molecule has 3 N–H and O–H groups in total. The Kier molecular flexibility index (Phi) is 7.47. The molecule has 2 aromatic carbocycles. The summed E-state index contributed by atoms with van der Waals surface area (Å²) in [6, 6.07) is 10.2. The van der Waals surface area contributed by atoms with Crippen LogP contribution in [0.5, 0.6) is 23.0 Å². The predicted octanol–water partition coefficient (Wildman–Crippen LogP) is 1.91. The Morgan fingerprint density at radius 3 is 1.97 bits per heavy atom. The number of amides is 2. The number of carbonyl (C=O) groups excluding carboxylic acids is 2. The van der Waals surface area contributed by atoms with E-state index in [9.17, 15) is 9.59 Å². The summed E-state index contributed by atoms with van der Waals surface area (Å²) in [4.78, 5) is 24.2. The van der Waals surface area contributed by atoms with Crippen molar-refractivity contribution in [3.63, 3.8) is 0 Å². The summed E-state index contributed by atoms with van der Waals surface area (Å²) in [5.74, 6) is 0.935. The maximum atomic E-state index is 12.4. The van der Waals surface area contributed by atoms with Gasteiger partial charge in [-0.15, -0.1) is 0 Å². The molecule has 0 fully saturated rings. The first-order valence-electron chi connectivity index (χ1n) is 8.66. The van der Waals surface area contributed by atoms with Gasteiger partial charge < -0.3 is 30.0 Å². The van der Waals surface area contributed by atoms with Crippen molar-refractivity contribution in [3.05, 3.63) is 53.2 Å². The number of methoxy groups -OCH3 is 4. The molecule has 0 bridgehead atoms. The van der Waals surface area contributed by atoms with E-state index >= 15 is 0 Å². The fraction of sp³-hybridized carbons (Fsp3) is 0.238. The van der Waals surface area contributed by atoms with Crippen LogP contribution in [0.2, 0.25) is 0 Å². The van der Waals surface area contributed by atoms with Gasteiger partial charge in [0.25, 0.3) is 5.91 Å². The van der Waals surface area contributed by atoms with Gasteiger partial charge in [-0.2, -0.15) is 0 Å². The zero-order valence-corrected chi connectivity index (χ0v) is 16.8. The summed E-state index contributed by atoms with van der Waals surface area (Å²) < 4.78 is 20.8. The van der Waals surface area contributed by atoms with Gasteiger partial charge in [0.2, 0.25) is 5.91 Å². The Hall–Kier alpha value is -3.68. The Bertz CT molecular complexity index is 923. The largest absolute Gasteiger partial charge is 0.493 e. The lowest BCUT2D eigenvalue weighted by atomic mass is 10.1. The molecule has 0 unspecified atom stereocenters. The van der Waals surface area contributed by atoms with E-state index in [2.05, 4.69) is 5.32 Å². The normalized spacial score (nSPS) is 10.8. The van der Waals surface area contributed by atoms with Crippen molar-refractivity contribution in [2.75, 3.05) is 28.4 Å². The maximum absolute atomic E-state index is 12.4. The van der Waals surface area contributed by atoms with E-state index in [1.54, 1.807) is 36.4 Å². The molecule has 154 valence electrons. The fourth-order valence-corrected chi connectivity index (χ4v) is 2.65. The highest BCUT2D eigenvalue weighted by Crippen LogP contribution is 2.29. The summed E-state index contributed by atoms with van der Waals surface area (Å²) >= 11 is 0. The highest BCUT2D eigenvalue weighted by atomic mass is 16.5. The summed E-state index contributed by atoms with van der Waals surface area (Å²) in [6.07, 6.45) is 1.49. The number of benzene rings is 2. The number of primary amides is 1. The molecule has 0 spiro atoms. The van der Waals surface area contributed by atoms with Gasteiger partial charge in [0.1, 0.15) is 5.70 Å². The van der Waals surface area contributed by atoms with E-state index in [4.69, 9.17) is 24.7 Å². The predicted molar refractivity (Wildman–Crippen MR) is 108 cm³/mol. The van der Waals surface area contributed by atoms with Crippen molar-refractivity contribution in [1.29, 1.82) is 0 Å². The Morgan fingerprint density at radius 2 is 1.41 bits per heavy atom. The maximum Gasteiger partial charge on any atom is 0.265 e. The Labute approximate surface area is 169 Å². The average Bonchev–Trinajstić information content (AvgIpc) is 2.72. The van der Waals surface area contributed by atoms with Crippen LogP contribution in [0.25, 0.3) is 6.08 Å². The molecule has 0 aliphatic carbocycles. The number of hydrogen-bond acceptors (Lipinski definition) is 6. The van der Waals surface area contributed by atoms with Gasteiger partial charge in [-0.05, 0) is 41.5 Å². The summed E-state index contributed by atoms with van der Waals surface area (Å²) in [5, 5.41) is 2.55. The van der Waals surface area contributed by atoms with Crippen LogP contribution in [0, 0.1) is 0 Å². The summed E-state index contributed by atoms with van der Waals surface area (Å²) in [7, 11) is 6.07. The first kappa shape index (κ1) is 21.6. The second-order valence-electron chi connectivity index (χ2n) is 5.95. The van der Waals surface area contributed by atoms with Crippen LogP contribution in [0.4, 0.5) is 0 Å². The number of ether oxygens (including phenoxy) is 4. The molecule has 0 saturated heterocycles. The van der Waals surface area contributed by atoms with Crippen molar-refractivity contribution in [2.24, 2.45) is 5.73 Å². The molecule has 8 nitrogen and oxygen atoms in total. The molecule has 2 amide bonds. The molecule has 2 aromatic rings. The van der Waals surface area contributed by atoms with E-state index in [1.165, 1.54) is 34.5 Å². The van der Waals surface area contributed by atoms with Crippen LogP contribution in [0.3, 0.4) is 0 Å². The van der Waals surface area contributed by atoms with E-state index in [0.717, 1.165) is 0 Å². The minimum atomic E-state index is -0.763. The lowest BCUT2D eigenvalue weighted by molar-refractivity contribution is -0.122. The molecule has 0 aliphatic rings. The van der Waals surface area contributed by atoms with Crippen LogP contribution in [-0.2, 0) is 16.0 Å². The topological polar surface area (TPSA) is 109 Å². The number of nitrogens with one attached hydrogen (secondary N) is 1. The fourth-order valence-electron chi connectivity index (χ4n) is 2.65. The van der Waals surface area contributed by atoms with Gasteiger partial charge in [0, 0.05) is 0 Å². The molecule has 0 radical (unpaired) electrons. The lowest BCUT2D eigenvalue weighted by Crippen LogP contribution is -2.32. The highest BCUT2D eigenvalue weighted by molar-refractivity contribution is 6.00. The number of rotatable bonds is 9. The standard InChI is InChI=1S/C21H24N2O6/c1-26-16-7-5-13(10-18(16)28-3)9-15(21(22)25)23-20(24)12-14-6-8-17(27-2)19(11-14)29-4/h5-11H,12H2,1-4H3,(H2,22,25)(H,23,24)/b15-9-. The third-order valence-corrected chi connectivity index (χ3v) is 4.07. The third-order valence-electron chi connectivity index (χ3n) is 4.07. The van der Waals surface area contributed by atoms with Gasteiger partial charge >= 0.3 is 0 Å². The number of nitrogens with two attached hydrogens (primary N) is 1. The van der Waals surface area contributed by atoms with Gasteiger partial charge in [0.15, 0.2) is 23.0 Å². The van der Waals surface area contributed by atoms with Crippen molar-refractivity contribution < 1.29 is 28.5 Å². The minimum absolute atomic E-state index is 0.0247. The van der Waals surface area contributed by atoms with Crippen molar-refractivity contribution in [3.8, 4) is 23.0 Å². The molecule has 0 saturated carbocycles. The molecule has 0 heterocycles. The van der Waals surface area contributed by atoms with E-state index < -0.39 is 11.8 Å². The van der Waals surface area contributed by atoms with Gasteiger partial charge in [-0.1, -0.05) is 12.1 Å². The van der Waals surface area contributed by atoms with E-state index in [0.29, 0.717) is 34.1 Å². The Morgan fingerprint density at radius 1 is 0.862 bits per heavy atom. The molecular formula is C21H24N2O6. The number of hydrogen-bond donors (Lipinski definition) is 2. The van der Waals surface area contributed by atoms with Crippen molar-refractivity contribution in [1.82, 2.24) is 5.32 Å². The molecule has 29 heavy (non-hydrogen) atoms. The lowest BCUT2D eigenvalue weighted by Gasteiger charge is -2.11. The highest BCUT2D eigenvalue weighted by Gasteiger charge is 2.13. The minimum Gasteiger partial charge on any atom is -0.493 e. The molecule has 8 heteroatoms. The molecule has 0 aromatic heterocycles. The average molecular weight is 400 g/mol. The molecular weight excluding hydrogens is 376 g/mol. The molecule has 0 atom stereocenters. The van der Waals surface area contributed by atoms with Gasteiger partial charge in [-0.25, -0.2) is 0 Å². The van der Waals surface area contributed by atoms with Crippen molar-refractivity contribution in [2.45, 2.75) is 6.42 Å². The third kappa shape index (κ3) is 5.65. The first-order valence-corrected chi connectivity index (χ1v) is 8.66. The van der Waals surface area contributed by atoms with Crippen LogP contribution < -0.4 is 30.0 Å². The first-order chi connectivity index (χ1) is 13.9. The SMILES string of the molecule is COc1ccc(/C=C(\NC(=O)Cc2ccc(OC)c(OC)c2)C(N)=O)cc1OC. The van der Waals surface area contributed by atoms with Crippen LogP contribution in [0.1, 0.15) is 11.1 Å². The van der Waals surface area contributed by atoms with Gasteiger partial charge in [-0.3, -0.25) is 9.59 Å². The van der Waals surface area contributed by atoms with Crippen molar-refractivity contribution >= 4 is 17.9 Å². The second-order valence-corrected chi connectivity index (χ2v) is 5.95. The smallest absolute Gasteiger partial charge is 0.265 e. The van der Waals surface area contributed by atoms with Crippen LogP contribution in [0.15, 0.2) is 42.1 Å². The summed E-state index contributed by atoms with van der Waals surface area (Å²) in [6.45, 7) is 0. The number of carbonyl (C=O) groups is 2. The second kappa shape index (κ2) is 10.0. The van der Waals surface area contributed by atoms with E-state index in [-0.39, 0.29) is 12.1 Å². The quantitative estimate of drug-likeness (QED) is 0.623.